The van der Waals surface area contributed by atoms with Crippen molar-refractivity contribution < 1.29 is 4.79 Å². The minimum atomic E-state index is -0.490. The van der Waals surface area contributed by atoms with Crippen LogP contribution in [-0.4, -0.2) is 34.8 Å². The van der Waals surface area contributed by atoms with E-state index in [0.717, 1.165) is 22.4 Å². The van der Waals surface area contributed by atoms with Gasteiger partial charge in [0.1, 0.15) is 11.6 Å². The van der Waals surface area contributed by atoms with E-state index in [0.29, 0.717) is 5.13 Å². The monoisotopic (exact) mass is 433 g/mol. The second kappa shape index (κ2) is 9.79. The molecule has 0 aromatic carbocycles. The number of fused-ring (bicyclic) bond motifs is 1. The van der Waals surface area contributed by atoms with Crippen LogP contribution < -0.4 is 16.6 Å². The average molecular weight is 434 g/mol. The van der Waals surface area contributed by atoms with Crippen LogP contribution in [0, 0.1) is 0 Å². The Hall–Kier alpha value is -2.82. The number of anilines is 1. The highest BCUT2D eigenvalue weighted by atomic mass is 32.1. The maximum absolute atomic E-state index is 12.4. The van der Waals surface area contributed by atoms with Crippen molar-refractivity contribution in [3.8, 4) is 0 Å². The van der Waals surface area contributed by atoms with Crippen LogP contribution in [0.25, 0.3) is 11.2 Å². The van der Waals surface area contributed by atoms with E-state index in [4.69, 9.17) is 0 Å². The fourth-order valence-electron chi connectivity index (χ4n) is 3.29. The smallest absolute Gasteiger partial charge is 0.315 e. The highest BCUT2D eigenvalue weighted by Gasteiger charge is 2.16. The van der Waals surface area contributed by atoms with Gasteiger partial charge in [-0.05, 0) is 6.42 Å². The Kier molecular flexibility index (Phi) is 7.14. The van der Waals surface area contributed by atoms with Crippen LogP contribution in [0.5, 0.6) is 0 Å². The van der Waals surface area contributed by atoms with Gasteiger partial charge in [-0.15, -0.1) is 10.2 Å². The Bertz CT molecular complexity index is 1140. The first-order valence-electron chi connectivity index (χ1n) is 10.2. The van der Waals surface area contributed by atoms with Crippen LogP contribution in [0.15, 0.2) is 15.9 Å². The highest BCUT2D eigenvalue weighted by Crippen LogP contribution is 2.18. The molecule has 0 aliphatic heterocycles. The van der Waals surface area contributed by atoms with Gasteiger partial charge in [-0.3, -0.25) is 24.0 Å². The third-order valence-corrected chi connectivity index (χ3v) is 5.89. The Balaban J connectivity index is 1.60. The Morgan fingerprint density at radius 3 is 2.57 bits per heavy atom. The molecule has 0 radical (unpaired) electrons. The van der Waals surface area contributed by atoms with Crippen molar-refractivity contribution in [2.75, 3.05) is 5.32 Å². The van der Waals surface area contributed by atoms with Gasteiger partial charge in [0, 0.05) is 20.5 Å². The third-order valence-electron chi connectivity index (χ3n) is 4.99. The van der Waals surface area contributed by atoms with E-state index in [9.17, 15) is 14.4 Å². The molecule has 0 bridgehead atoms. The van der Waals surface area contributed by atoms with E-state index in [1.54, 1.807) is 0 Å². The van der Waals surface area contributed by atoms with E-state index in [1.807, 2.05) is 0 Å². The number of nitrogens with zero attached hydrogens (tertiary/aromatic N) is 6. The zero-order valence-corrected chi connectivity index (χ0v) is 18.4. The summed E-state index contributed by atoms with van der Waals surface area (Å²) in [6.07, 6.45) is 9.51. The zero-order valence-electron chi connectivity index (χ0n) is 17.6. The highest BCUT2D eigenvalue weighted by molar-refractivity contribution is 7.15. The molecule has 10 nitrogen and oxygen atoms in total. The molecule has 162 valence electrons. The van der Waals surface area contributed by atoms with Crippen LogP contribution in [0.2, 0.25) is 0 Å². The van der Waals surface area contributed by atoms with Crippen LogP contribution >= 0.6 is 11.3 Å². The van der Waals surface area contributed by atoms with Crippen LogP contribution in [0.1, 0.15) is 50.5 Å². The van der Waals surface area contributed by atoms with Gasteiger partial charge in [0.15, 0.2) is 11.2 Å². The van der Waals surface area contributed by atoms with Gasteiger partial charge in [-0.2, -0.15) is 0 Å². The van der Waals surface area contributed by atoms with Crippen molar-refractivity contribution in [3.63, 3.8) is 0 Å². The van der Waals surface area contributed by atoms with Crippen LogP contribution in [0.3, 0.4) is 0 Å². The first kappa shape index (κ1) is 21.9. The number of imidazole rings is 1. The number of aryl methyl sites for hydroxylation is 2. The van der Waals surface area contributed by atoms with Gasteiger partial charge in [0.2, 0.25) is 11.0 Å². The van der Waals surface area contributed by atoms with Gasteiger partial charge in [0.05, 0.1) is 6.33 Å². The van der Waals surface area contributed by atoms with Crippen molar-refractivity contribution in [2.24, 2.45) is 14.1 Å². The number of carbonyl (C=O) groups excluding carboxylic acids is 1. The Morgan fingerprint density at radius 1 is 1.07 bits per heavy atom. The Morgan fingerprint density at radius 2 is 1.80 bits per heavy atom. The lowest BCUT2D eigenvalue weighted by Gasteiger charge is -2.06. The molecule has 3 aromatic rings. The molecule has 3 rings (SSSR count). The van der Waals surface area contributed by atoms with E-state index in [2.05, 4.69) is 27.4 Å². The van der Waals surface area contributed by atoms with Crippen molar-refractivity contribution in [1.29, 1.82) is 0 Å². The fraction of sp³-hybridized carbons (Fsp3) is 0.579. The molecule has 1 amide bonds. The van der Waals surface area contributed by atoms with E-state index >= 15 is 0 Å². The lowest BCUT2D eigenvalue weighted by atomic mass is 10.1. The van der Waals surface area contributed by atoms with Gasteiger partial charge in [-0.1, -0.05) is 50.4 Å². The largest absolute Gasteiger partial charge is 0.332 e. The predicted octanol–water partition coefficient (Wildman–Crippen LogP) is 1.83. The van der Waals surface area contributed by atoms with Crippen molar-refractivity contribution in [1.82, 2.24) is 28.9 Å². The zero-order chi connectivity index (χ0) is 21.7. The maximum atomic E-state index is 12.4. The molecule has 0 unspecified atom stereocenters. The molecule has 0 fully saturated rings. The van der Waals surface area contributed by atoms with Crippen LogP contribution in [-0.2, 0) is 31.9 Å². The van der Waals surface area contributed by atoms with Gasteiger partial charge in [-0.25, -0.2) is 9.78 Å². The minimum Gasteiger partial charge on any atom is -0.315 e. The normalized spacial score (nSPS) is 11.3. The van der Waals surface area contributed by atoms with Crippen molar-refractivity contribution >= 4 is 33.5 Å². The second-order valence-electron chi connectivity index (χ2n) is 7.32. The number of carbonyl (C=O) groups is 1. The molecule has 3 aromatic heterocycles. The minimum absolute atomic E-state index is 0.115. The van der Waals surface area contributed by atoms with Gasteiger partial charge < -0.3 is 4.57 Å². The quantitative estimate of drug-likeness (QED) is 0.488. The molecular weight excluding hydrogens is 406 g/mol. The molecule has 30 heavy (non-hydrogen) atoms. The molecule has 0 saturated heterocycles. The summed E-state index contributed by atoms with van der Waals surface area (Å²) in [6, 6.07) is 0. The lowest BCUT2D eigenvalue weighted by molar-refractivity contribution is -0.116. The molecule has 0 aliphatic rings. The molecule has 11 heteroatoms. The number of amides is 1. The van der Waals surface area contributed by atoms with E-state index in [1.165, 1.54) is 73.0 Å². The number of aromatic nitrogens is 6. The summed E-state index contributed by atoms with van der Waals surface area (Å²) in [7, 11) is 2.93. The number of rotatable bonds is 10. The topological polar surface area (TPSA) is 117 Å². The maximum Gasteiger partial charge on any atom is 0.332 e. The summed E-state index contributed by atoms with van der Waals surface area (Å²) in [5.74, 6) is -0.340. The number of nitrogens with one attached hydrogen (secondary N) is 1. The molecular formula is C19H27N7O3S. The standard InChI is InChI=1S/C19H27N7O3S/c1-4-5-6-7-8-9-10-14-22-23-18(30-14)21-13(27)11-26-12-20-16-15(26)17(28)25(3)19(29)24(16)2/h12H,4-11H2,1-3H3,(H,21,23,27). The molecule has 0 saturated carbocycles. The molecule has 0 spiro atoms. The summed E-state index contributed by atoms with van der Waals surface area (Å²) in [4.78, 5) is 41.0. The Labute approximate surface area is 177 Å². The summed E-state index contributed by atoms with van der Waals surface area (Å²) in [5.41, 5.74) is -0.506. The summed E-state index contributed by atoms with van der Waals surface area (Å²) >= 11 is 1.37. The summed E-state index contributed by atoms with van der Waals surface area (Å²) < 4.78 is 3.72. The molecule has 0 atom stereocenters. The number of hydrogen-bond donors (Lipinski definition) is 1. The molecule has 0 aliphatic carbocycles. The third kappa shape index (κ3) is 4.84. The molecule has 3 heterocycles. The van der Waals surface area contributed by atoms with Gasteiger partial charge >= 0.3 is 5.69 Å². The number of unbranched alkanes of at least 4 members (excludes halogenated alkanes) is 5. The SMILES string of the molecule is CCCCCCCCc1nnc(NC(=O)Cn2cnc3c2c(=O)n(C)c(=O)n3C)s1. The van der Waals surface area contributed by atoms with Crippen LogP contribution in [0.4, 0.5) is 5.13 Å². The summed E-state index contributed by atoms with van der Waals surface area (Å²) in [5, 5.41) is 12.2. The van der Waals surface area contributed by atoms with Crippen molar-refractivity contribution in [2.45, 2.75) is 58.4 Å². The first-order chi connectivity index (χ1) is 14.4. The fourth-order valence-corrected chi connectivity index (χ4v) is 4.09. The van der Waals surface area contributed by atoms with Gasteiger partial charge in [0.25, 0.3) is 5.56 Å². The lowest BCUT2D eigenvalue weighted by Crippen LogP contribution is -2.37. The number of hydrogen-bond acceptors (Lipinski definition) is 7. The predicted molar refractivity (Wildman–Crippen MR) is 116 cm³/mol. The first-order valence-corrected chi connectivity index (χ1v) is 11.0. The summed E-state index contributed by atoms with van der Waals surface area (Å²) in [6.45, 7) is 2.09. The van der Waals surface area contributed by atoms with E-state index < -0.39 is 11.2 Å². The average Bonchev–Trinajstić information content (AvgIpc) is 3.34. The van der Waals surface area contributed by atoms with Crippen molar-refractivity contribution in [3.05, 3.63) is 32.2 Å². The van der Waals surface area contributed by atoms with E-state index in [-0.39, 0.29) is 23.6 Å². The molecule has 1 N–H and O–H groups in total. The second-order valence-corrected chi connectivity index (χ2v) is 8.38.